The molecule has 0 spiro atoms. The van der Waals surface area contributed by atoms with E-state index in [-0.39, 0.29) is 11.3 Å². The van der Waals surface area contributed by atoms with E-state index in [1.54, 1.807) is 20.8 Å². The van der Waals surface area contributed by atoms with Gasteiger partial charge in [-0.25, -0.2) is 9.18 Å². The highest BCUT2D eigenvalue weighted by molar-refractivity contribution is 5.96. The van der Waals surface area contributed by atoms with Crippen molar-refractivity contribution in [2.75, 3.05) is 5.32 Å². The van der Waals surface area contributed by atoms with Gasteiger partial charge in [-0.3, -0.25) is 9.59 Å². The summed E-state index contributed by atoms with van der Waals surface area (Å²) in [7, 11) is 0. The topological polar surface area (TPSA) is 127 Å². The highest BCUT2D eigenvalue weighted by atomic mass is 19.1. The maximum atomic E-state index is 13.6. The molecule has 22 heavy (non-hydrogen) atoms. The molecule has 1 rings (SSSR count). The quantitative estimate of drug-likeness (QED) is 0.661. The van der Waals surface area contributed by atoms with Crippen LogP contribution in [-0.4, -0.2) is 23.9 Å². The summed E-state index contributed by atoms with van der Waals surface area (Å²) < 4.78 is 13.6. The van der Waals surface area contributed by atoms with Crippen LogP contribution in [0, 0.1) is 11.2 Å². The maximum absolute atomic E-state index is 13.6. The fourth-order valence-electron chi connectivity index (χ4n) is 1.81. The first kappa shape index (κ1) is 17.4. The average Bonchev–Trinajstić information content (AvgIpc) is 2.33. The molecular weight excluding hydrogens is 291 g/mol. The van der Waals surface area contributed by atoms with Gasteiger partial charge in [-0.05, 0) is 23.6 Å². The number of hydrogen-bond acceptors (Lipinski definition) is 3. The number of anilines is 1. The van der Waals surface area contributed by atoms with Crippen LogP contribution in [0.15, 0.2) is 18.2 Å². The number of primary amides is 2. The Bertz CT molecular complexity index is 611. The van der Waals surface area contributed by atoms with Crippen molar-refractivity contribution < 1.29 is 18.8 Å². The molecule has 0 bridgehead atoms. The zero-order valence-corrected chi connectivity index (χ0v) is 12.6. The van der Waals surface area contributed by atoms with Crippen LogP contribution in [0.3, 0.4) is 0 Å². The molecular formula is C14H19FN4O3. The van der Waals surface area contributed by atoms with Gasteiger partial charge < -0.3 is 22.1 Å². The van der Waals surface area contributed by atoms with Crippen LogP contribution in [0.25, 0.3) is 0 Å². The Hall–Kier alpha value is -2.64. The fourth-order valence-corrected chi connectivity index (χ4v) is 1.81. The van der Waals surface area contributed by atoms with E-state index in [0.717, 1.165) is 12.1 Å². The van der Waals surface area contributed by atoms with Crippen LogP contribution in [0.5, 0.6) is 0 Å². The largest absolute Gasteiger partial charge is 0.368 e. The zero-order valence-electron chi connectivity index (χ0n) is 12.6. The lowest BCUT2D eigenvalue weighted by Crippen LogP contribution is -2.53. The number of rotatable bonds is 4. The number of nitrogens with one attached hydrogen (secondary N) is 2. The molecule has 0 radical (unpaired) electrons. The Balaban J connectivity index is 2.83. The lowest BCUT2D eigenvalue weighted by atomic mass is 9.86. The summed E-state index contributed by atoms with van der Waals surface area (Å²) in [5.41, 5.74) is 9.48. The predicted octanol–water partition coefficient (Wildman–Crippen LogP) is 0.946. The van der Waals surface area contributed by atoms with E-state index in [1.165, 1.54) is 6.07 Å². The molecule has 1 aromatic carbocycles. The highest BCUT2D eigenvalue weighted by Gasteiger charge is 2.31. The van der Waals surface area contributed by atoms with Crippen LogP contribution < -0.4 is 22.1 Å². The molecule has 0 heterocycles. The van der Waals surface area contributed by atoms with E-state index >= 15 is 0 Å². The van der Waals surface area contributed by atoms with Crippen LogP contribution in [0.4, 0.5) is 14.9 Å². The van der Waals surface area contributed by atoms with Gasteiger partial charge in [-0.2, -0.15) is 0 Å². The van der Waals surface area contributed by atoms with Gasteiger partial charge in [-0.1, -0.05) is 20.8 Å². The highest BCUT2D eigenvalue weighted by Crippen LogP contribution is 2.19. The second-order valence-electron chi connectivity index (χ2n) is 5.86. The third-order valence-electron chi connectivity index (χ3n) is 2.92. The summed E-state index contributed by atoms with van der Waals surface area (Å²) in [5, 5.41) is 4.78. The molecule has 120 valence electrons. The smallest absolute Gasteiger partial charge is 0.319 e. The van der Waals surface area contributed by atoms with Crippen molar-refractivity contribution >= 4 is 23.5 Å². The number of nitrogens with two attached hydrogens (primary N) is 2. The van der Waals surface area contributed by atoms with E-state index in [9.17, 15) is 18.8 Å². The lowest BCUT2D eigenvalue weighted by molar-refractivity contribution is -0.122. The van der Waals surface area contributed by atoms with Crippen molar-refractivity contribution in [3.63, 3.8) is 0 Å². The van der Waals surface area contributed by atoms with Crippen molar-refractivity contribution in [3.8, 4) is 0 Å². The summed E-state index contributed by atoms with van der Waals surface area (Å²) in [5.74, 6) is -2.44. The molecule has 0 aliphatic rings. The van der Waals surface area contributed by atoms with Gasteiger partial charge in [0, 0.05) is 5.69 Å². The van der Waals surface area contributed by atoms with Crippen LogP contribution in [0.2, 0.25) is 0 Å². The van der Waals surface area contributed by atoms with Gasteiger partial charge >= 0.3 is 6.03 Å². The molecule has 0 saturated carbocycles. The first-order valence-corrected chi connectivity index (χ1v) is 6.48. The SMILES string of the molecule is CC(C)(C)C(NC(=O)Nc1ccc(C(N)=O)c(F)c1)C(N)=O. The summed E-state index contributed by atoms with van der Waals surface area (Å²) in [4.78, 5) is 34.2. The predicted molar refractivity (Wildman–Crippen MR) is 79.5 cm³/mol. The van der Waals surface area contributed by atoms with Crippen molar-refractivity contribution in [1.82, 2.24) is 5.32 Å². The fraction of sp³-hybridized carbons (Fsp3) is 0.357. The molecule has 4 amide bonds. The molecule has 1 aromatic rings. The third kappa shape index (κ3) is 4.44. The average molecular weight is 310 g/mol. The van der Waals surface area contributed by atoms with Gasteiger partial charge in [0.15, 0.2) is 0 Å². The van der Waals surface area contributed by atoms with E-state index in [4.69, 9.17) is 11.5 Å². The van der Waals surface area contributed by atoms with E-state index in [2.05, 4.69) is 10.6 Å². The summed E-state index contributed by atoms with van der Waals surface area (Å²) >= 11 is 0. The zero-order chi connectivity index (χ0) is 17.1. The number of hydrogen-bond donors (Lipinski definition) is 4. The van der Waals surface area contributed by atoms with Crippen molar-refractivity contribution in [1.29, 1.82) is 0 Å². The van der Waals surface area contributed by atoms with Crippen LogP contribution >= 0.6 is 0 Å². The Morgan fingerprint density at radius 1 is 1.18 bits per heavy atom. The molecule has 0 fully saturated rings. The summed E-state index contributed by atoms with van der Waals surface area (Å²) in [6, 6.07) is 1.81. The number of amides is 4. The van der Waals surface area contributed by atoms with Gasteiger partial charge in [0.25, 0.3) is 5.91 Å². The molecule has 0 aliphatic carbocycles. The molecule has 1 atom stereocenters. The number of carbonyl (C=O) groups is 3. The van der Waals surface area contributed by atoms with Gasteiger partial charge in [0.05, 0.1) is 5.56 Å². The monoisotopic (exact) mass is 310 g/mol. The molecule has 0 aliphatic heterocycles. The number of benzene rings is 1. The van der Waals surface area contributed by atoms with E-state index in [1.807, 2.05) is 0 Å². The molecule has 6 N–H and O–H groups in total. The molecule has 1 unspecified atom stereocenters. The summed E-state index contributed by atoms with van der Waals surface area (Å²) in [6.07, 6.45) is 0. The van der Waals surface area contributed by atoms with Gasteiger partial charge in [0.1, 0.15) is 11.9 Å². The molecule has 0 saturated heterocycles. The Morgan fingerprint density at radius 3 is 2.18 bits per heavy atom. The van der Waals surface area contributed by atoms with Gasteiger partial charge in [0.2, 0.25) is 5.91 Å². The lowest BCUT2D eigenvalue weighted by Gasteiger charge is -2.28. The minimum Gasteiger partial charge on any atom is -0.368 e. The minimum atomic E-state index is -0.907. The number of urea groups is 1. The first-order valence-electron chi connectivity index (χ1n) is 6.48. The van der Waals surface area contributed by atoms with Crippen LogP contribution in [-0.2, 0) is 4.79 Å². The Labute approximate surface area is 127 Å². The Morgan fingerprint density at radius 2 is 1.77 bits per heavy atom. The van der Waals surface area contributed by atoms with E-state index in [0.29, 0.717) is 0 Å². The van der Waals surface area contributed by atoms with Crippen molar-refractivity contribution in [2.45, 2.75) is 26.8 Å². The van der Waals surface area contributed by atoms with Gasteiger partial charge in [-0.15, -0.1) is 0 Å². The maximum Gasteiger partial charge on any atom is 0.319 e. The molecule has 7 nitrogen and oxygen atoms in total. The standard InChI is InChI=1S/C14H19FN4O3/c1-14(2,3)10(12(17)21)19-13(22)18-7-4-5-8(11(16)20)9(15)6-7/h4-6,10H,1-3H3,(H2,16,20)(H2,17,21)(H2,18,19,22). The number of halogens is 1. The molecule has 0 aromatic heterocycles. The Kier molecular flexibility index (Phi) is 5.08. The van der Waals surface area contributed by atoms with Crippen molar-refractivity contribution in [2.24, 2.45) is 16.9 Å². The van der Waals surface area contributed by atoms with Crippen molar-refractivity contribution in [3.05, 3.63) is 29.6 Å². The third-order valence-corrected chi connectivity index (χ3v) is 2.92. The molecule has 8 heteroatoms. The summed E-state index contributed by atoms with van der Waals surface area (Å²) in [6.45, 7) is 5.22. The minimum absolute atomic E-state index is 0.108. The van der Waals surface area contributed by atoms with E-state index < -0.39 is 35.1 Å². The normalized spacial score (nSPS) is 12.4. The first-order chi connectivity index (χ1) is 10.0. The second kappa shape index (κ2) is 6.42. The second-order valence-corrected chi connectivity index (χ2v) is 5.86. The van der Waals surface area contributed by atoms with Crippen LogP contribution in [0.1, 0.15) is 31.1 Å². The number of carbonyl (C=O) groups excluding carboxylic acids is 3.